The Hall–Kier alpha value is -0.290. The molecule has 0 aromatic heterocycles. The first-order valence-electron chi connectivity index (χ1n) is 7.55. The van der Waals surface area contributed by atoms with E-state index in [1.807, 2.05) is 0 Å². The van der Waals surface area contributed by atoms with Crippen molar-refractivity contribution in [3.05, 3.63) is 27.8 Å². The van der Waals surface area contributed by atoms with Gasteiger partial charge in [0.25, 0.3) is 0 Å². The predicted octanol–water partition coefficient (Wildman–Crippen LogP) is 3.79. The molecule has 3 heteroatoms. The van der Waals surface area contributed by atoms with E-state index in [1.54, 1.807) is 0 Å². The molecule has 19 heavy (non-hydrogen) atoms. The van der Waals surface area contributed by atoms with Gasteiger partial charge in [0, 0.05) is 27.4 Å². The zero-order valence-electron chi connectivity index (χ0n) is 11.6. The fraction of sp³-hybridized carbons (Fsp3) is 0.625. The number of piperidine rings is 1. The molecule has 2 fully saturated rings. The van der Waals surface area contributed by atoms with E-state index in [0.29, 0.717) is 0 Å². The van der Waals surface area contributed by atoms with Gasteiger partial charge in [0.05, 0.1) is 0 Å². The van der Waals surface area contributed by atoms with Gasteiger partial charge in [0.2, 0.25) is 0 Å². The van der Waals surface area contributed by atoms with Crippen LogP contribution in [-0.2, 0) is 0 Å². The Bertz CT molecular complexity index is 403. The fourth-order valence-corrected chi connectivity index (χ4v) is 4.09. The molecule has 1 aromatic rings. The van der Waals surface area contributed by atoms with Gasteiger partial charge in [-0.05, 0) is 85.5 Å². The van der Waals surface area contributed by atoms with Crippen LogP contribution in [0.25, 0.3) is 0 Å². The minimum atomic E-state index is 0.748. The van der Waals surface area contributed by atoms with Crippen LogP contribution in [0.1, 0.15) is 39.0 Å². The molecule has 2 aliphatic rings. The van der Waals surface area contributed by atoms with Crippen LogP contribution >= 0.6 is 22.6 Å². The molecule has 0 radical (unpaired) electrons. The lowest BCUT2D eigenvalue weighted by Gasteiger charge is -2.41. The molecular formula is C16H23IN2. The molecule has 0 spiro atoms. The number of nitrogens with one attached hydrogen (secondary N) is 1. The Morgan fingerprint density at radius 2 is 1.79 bits per heavy atom. The van der Waals surface area contributed by atoms with Gasteiger partial charge in [0.15, 0.2) is 0 Å². The van der Waals surface area contributed by atoms with Crippen LogP contribution in [0.3, 0.4) is 0 Å². The summed E-state index contributed by atoms with van der Waals surface area (Å²) in [5.74, 6) is 0. The van der Waals surface area contributed by atoms with Crippen LogP contribution in [0.2, 0.25) is 0 Å². The molecule has 1 N–H and O–H groups in total. The molecule has 0 saturated carbocycles. The average Bonchev–Trinajstić information content (AvgIpc) is 2.69. The van der Waals surface area contributed by atoms with Gasteiger partial charge in [-0.1, -0.05) is 6.92 Å². The third-order valence-corrected chi connectivity index (χ3v) is 5.26. The van der Waals surface area contributed by atoms with Crippen molar-refractivity contribution < 1.29 is 0 Å². The number of anilines is 1. The summed E-state index contributed by atoms with van der Waals surface area (Å²) >= 11 is 2.38. The van der Waals surface area contributed by atoms with E-state index in [9.17, 15) is 0 Å². The highest BCUT2D eigenvalue weighted by Gasteiger charge is 2.40. The summed E-state index contributed by atoms with van der Waals surface area (Å²) in [7, 11) is 0. The second kappa shape index (κ2) is 6.00. The van der Waals surface area contributed by atoms with Crippen molar-refractivity contribution in [1.29, 1.82) is 0 Å². The number of fused-ring (bicyclic) bond motifs is 2. The highest BCUT2D eigenvalue weighted by Crippen LogP contribution is 2.39. The summed E-state index contributed by atoms with van der Waals surface area (Å²) in [6.45, 7) is 3.43. The molecule has 1 aromatic carbocycles. The SMILES string of the molecule is CCCNC1CC2CCC(C1)N2c1ccc(I)cc1. The lowest BCUT2D eigenvalue weighted by Crippen LogP contribution is -2.49. The Morgan fingerprint density at radius 1 is 1.16 bits per heavy atom. The Labute approximate surface area is 130 Å². The van der Waals surface area contributed by atoms with E-state index < -0.39 is 0 Å². The molecule has 2 heterocycles. The molecular weight excluding hydrogens is 347 g/mol. The van der Waals surface area contributed by atoms with Crippen molar-refractivity contribution in [3.8, 4) is 0 Å². The second-order valence-corrected chi connectivity index (χ2v) is 7.14. The van der Waals surface area contributed by atoms with Crippen LogP contribution in [0.15, 0.2) is 24.3 Å². The molecule has 0 amide bonds. The molecule has 104 valence electrons. The van der Waals surface area contributed by atoms with Crippen LogP contribution in [-0.4, -0.2) is 24.7 Å². The van der Waals surface area contributed by atoms with E-state index >= 15 is 0 Å². The summed E-state index contributed by atoms with van der Waals surface area (Å²) in [6, 6.07) is 11.3. The number of hydrogen-bond acceptors (Lipinski definition) is 2. The van der Waals surface area contributed by atoms with Gasteiger partial charge < -0.3 is 10.2 Å². The number of halogens is 1. The van der Waals surface area contributed by atoms with Crippen LogP contribution in [0, 0.1) is 3.57 Å². The monoisotopic (exact) mass is 370 g/mol. The van der Waals surface area contributed by atoms with E-state index in [0.717, 1.165) is 18.1 Å². The van der Waals surface area contributed by atoms with Crippen molar-refractivity contribution in [1.82, 2.24) is 5.32 Å². The smallest absolute Gasteiger partial charge is 0.0371 e. The van der Waals surface area contributed by atoms with Crippen molar-refractivity contribution in [2.75, 3.05) is 11.4 Å². The summed E-state index contributed by atoms with van der Waals surface area (Å²) in [6.07, 6.45) is 6.64. The first-order chi connectivity index (χ1) is 9.28. The molecule has 3 rings (SSSR count). The highest BCUT2D eigenvalue weighted by atomic mass is 127. The Morgan fingerprint density at radius 3 is 2.37 bits per heavy atom. The van der Waals surface area contributed by atoms with Gasteiger partial charge in [-0.2, -0.15) is 0 Å². The average molecular weight is 370 g/mol. The Kier molecular flexibility index (Phi) is 4.32. The van der Waals surface area contributed by atoms with Gasteiger partial charge in [-0.15, -0.1) is 0 Å². The van der Waals surface area contributed by atoms with Gasteiger partial charge in [-0.25, -0.2) is 0 Å². The third kappa shape index (κ3) is 2.92. The maximum absolute atomic E-state index is 3.73. The molecule has 2 aliphatic heterocycles. The Balaban J connectivity index is 1.71. The highest BCUT2D eigenvalue weighted by molar-refractivity contribution is 14.1. The largest absolute Gasteiger partial charge is 0.365 e. The standard InChI is InChI=1S/C16H23IN2/c1-2-9-18-13-10-15-7-8-16(11-13)19(15)14-5-3-12(17)4-6-14/h3-6,13,15-16,18H,2,7-11H2,1H3. The lowest BCUT2D eigenvalue weighted by molar-refractivity contribution is 0.357. The van der Waals surface area contributed by atoms with Gasteiger partial charge >= 0.3 is 0 Å². The molecule has 2 saturated heterocycles. The minimum Gasteiger partial charge on any atom is -0.365 e. The maximum atomic E-state index is 3.73. The van der Waals surface area contributed by atoms with E-state index in [4.69, 9.17) is 0 Å². The quantitative estimate of drug-likeness (QED) is 0.812. The summed E-state index contributed by atoms with van der Waals surface area (Å²) in [4.78, 5) is 2.69. The summed E-state index contributed by atoms with van der Waals surface area (Å²) in [5, 5.41) is 3.73. The lowest BCUT2D eigenvalue weighted by atomic mass is 9.96. The predicted molar refractivity (Wildman–Crippen MR) is 89.8 cm³/mol. The second-order valence-electron chi connectivity index (χ2n) is 5.89. The molecule has 0 aliphatic carbocycles. The molecule has 2 nitrogen and oxygen atoms in total. The van der Waals surface area contributed by atoms with Crippen molar-refractivity contribution in [2.24, 2.45) is 0 Å². The molecule has 2 bridgehead atoms. The van der Waals surface area contributed by atoms with E-state index in [2.05, 4.69) is 64.0 Å². The fourth-order valence-electron chi connectivity index (χ4n) is 3.73. The molecule has 2 unspecified atom stereocenters. The first-order valence-corrected chi connectivity index (χ1v) is 8.63. The van der Waals surface area contributed by atoms with Crippen molar-refractivity contribution in [3.63, 3.8) is 0 Å². The van der Waals surface area contributed by atoms with Crippen LogP contribution in [0.4, 0.5) is 5.69 Å². The van der Waals surface area contributed by atoms with Crippen molar-refractivity contribution >= 4 is 28.3 Å². The number of nitrogens with zero attached hydrogens (tertiary/aromatic N) is 1. The third-order valence-electron chi connectivity index (χ3n) is 4.54. The summed E-state index contributed by atoms with van der Waals surface area (Å²) in [5.41, 5.74) is 1.43. The normalized spacial score (nSPS) is 29.8. The zero-order valence-corrected chi connectivity index (χ0v) is 13.8. The van der Waals surface area contributed by atoms with Crippen LogP contribution < -0.4 is 10.2 Å². The first kappa shape index (κ1) is 13.7. The van der Waals surface area contributed by atoms with E-state index in [1.165, 1.54) is 47.9 Å². The zero-order chi connectivity index (χ0) is 13.2. The van der Waals surface area contributed by atoms with Crippen LogP contribution in [0.5, 0.6) is 0 Å². The number of rotatable bonds is 4. The minimum absolute atomic E-state index is 0.748. The molecule has 2 atom stereocenters. The topological polar surface area (TPSA) is 15.3 Å². The van der Waals surface area contributed by atoms with Crippen molar-refractivity contribution in [2.45, 2.75) is 57.2 Å². The maximum Gasteiger partial charge on any atom is 0.0371 e. The summed E-state index contributed by atoms with van der Waals surface area (Å²) < 4.78 is 1.33. The van der Waals surface area contributed by atoms with Gasteiger partial charge in [0.1, 0.15) is 0 Å². The number of hydrogen-bond donors (Lipinski definition) is 1. The number of benzene rings is 1. The van der Waals surface area contributed by atoms with E-state index in [-0.39, 0.29) is 0 Å². The van der Waals surface area contributed by atoms with Gasteiger partial charge in [-0.3, -0.25) is 0 Å².